The van der Waals surface area contributed by atoms with Crippen LogP contribution in [0.5, 0.6) is 5.75 Å². The lowest BCUT2D eigenvalue weighted by Crippen LogP contribution is -2.12. The van der Waals surface area contributed by atoms with Gasteiger partial charge in [-0.3, -0.25) is 4.79 Å². The van der Waals surface area contributed by atoms with Crippen molar-refractivity contribution in [1.82, 2.24) is 4.98 Å². The first-order valence-corrected chi connectivity index (χ1v) is 3.78. The third-order valence-corrected chi connectivity index (χ3v) is 1.74. The molecule has 4 nitrogen and oxygen atoms in total. The minimum absolute atomic E-state index is 0.298. The Morgan fingerprint density at radius 2 is 2.21 bits per heavy atom. The number of rotatable bonds is 2. The second-order valence-corrected chi connectivity index (χ2v) is 2.75. The van der Waals surface area contributed by atoms with Gasteiger partial charge in [0.25, 0.3) is 12.3 Å². The third-order valence-electron chi connectivity index (χ3n) is 1.46. The molecule has 7 heteroatoms. The van der Waals surface area contributed by atoms with E-state index in [4.69, 9.17) is 22.4 Å². The van der Waals surface area contributed by atoms with Crippen LogP contribution in [-0.2, 0) is 0 Å². The van der Waals surface area contributed by atoms with Crippen molar-refractivity contribution in [3.63, 3.8) is 0 Å². The number of carbonyl (C=O) groups excluding carboxylic acids is 1. The molecule has 1 aromatic heterocycles. The Morgan fingerprint density at radius 1 is 1.64 bits per heavy atom. The van der Waals surface area contributed by atoms with Crippen molar-refractivity contribution in [2.24, 2.45) is 5.73 Å². The summed E-state index contributed by atoms with van der Waals surface area (Å²) in [6.07, 6.45) is -2.96. The monoisotopic (exact) mass is 222 g/mol. The summed E-state index contributed by atoms with van der Waals surface area (Å²) in [4.78, 5) is 13.8. The predicted octanol–water partition coefficient (Wildman–Crippen LogP) is 1.48. The van der Waals surface area contributed by atoms with Gasteiger partial charge in [0.15, 0.2) is 0 Å². The first-order chi connectivity index (χ1) is 6.43. The molecule has 0 unspecified atom stereocenters. The summed E-state index contributed by atoms with van der Waals surface area (Å²) in [6, 6.07) is 0.763. The molecule has 0 aliphatic heterocycles. The van der Waals surface area contributed by atoms with Crippen LogP contribution in [0, 0.1) is 0 Å². The summed E-state index contributed by atoms with van der Waals surface area (Å²) < 4.78 is 24.3. The van der Waals surface area contributed by atoms with Gasteiger partial charge in [0.1, 0.15) is 16.6 Å². The SMILES string of the molecule is NC(=O)c1cc(O)c(C(F)F)nc1Cl. The molecule has 3 N–H and O–H groups in total. The maximum absolute atomic E-state index is 12.1. The van der Waals surface area contributed by atoms with Crippen molar-refractivity contribution in [3.8, 4) is 5.75 Å². The summed E-state index contributed by atoms with van der Waals surface area (Å²) >= 11 is 5.38. The van der Waals surface area contributed by atoms with Crippen LogP contribution < -0.4 is 5.73 Å². The number of pyridine rings is 1. The fourth-order valence-electron chi connectivity index (χ4n) is 0.827. The highest BCUT2D eigenvalue weighted by molar-refractivity contribution is 6.32. The Morgan fingerprint density at radius 3 is 2.64 bits per heavy atom. The largest absolute Gasteiger partial charge is 0.506 e. The van der Waals surface area contributed by atoms with Gasteiger partial charge in [-0.2, -0.15) is 0 Å². The molecule has 1 aromatic rings. The molecular formula is C7H5ClF2N2O2. The van der Waals surface area contributed by atoms with E-state index in [9.17, 15) is 13.6 Å². The van der Waals surface area contributed by atoms with Gasteiger partial charge in [-0.15, -0.1) is 0 Å². The lowest BCUT2D eigenvalue weighted by molar-refractivity contribution is 0.0998. The lowest BCUT2D eigenvalue weighted by atomic mass is 10.2. The van der Waals surface area contributed by atoms with Crippen LogP contribution in [0.3, 0.4) is 0 Å². The summed E-state index contributed by atoms with van der Waals surface area (Å²) in [5, 5.41) is 8.57. The Balaban J connectivity index is 3.31. The number of amides is 1. The van der Waals surface area contributed by atoms with Gasteiger partial charge in [-0.25, -0.2) is 13.8 Å². The molecule has 1 rings (SSSR count). The summed E-state index contributed by atoms with van der Waals surface area (Å²) in [7, 11) is 0. The molecule has 14 heavy (non-hydrogen) atoms. The van der Waals surface area contributed by atoms with Crippen LogP contribution in [0.15, 0.2) is 6.07 Å². The van der Waals surface area contributed by atoms with Crippen LogP contribution in [0.2, 0.25) is 5.15 Å². The Bertz CT molecular complexity index is 384. The molecule has 0 saturated heterocycles. The molecule has 0 spiro atoms. The molecule has 76 valence electrons. The number of hydrogen-bond donors (Lipinski definition) is 2. The maximum Gasteiger partial charge on any atom is 0.284 e. The van der Waals surface area contributed by atoms with E-state index in [1.165, 1.54) is 0 Å². The number of hydrogen-bond acceptors (Lipinski definition) is 3. The number of halogens is 3. The van der Waals surface area contributed by atoms with Gasteiger partial charge in [-0.05, 0) is 6.07 Å². The van der Waals surface area contributed by atoms with Crippen molar-refractivity contribution in [1.29, 1.82) is 0 Å². The van der Waals surface area contributed by atoms with Gasteiger partial charge < -0.3 is 10.8 Å². The number of nitrogens with zero attached hydrogens (tertiary/aromatic N) is 1. The Kier molecular flexibility index (Phi) is 2.85. The van der Waals surface area contributed by atoms with Crippen LogP contribution in [0.25, 0.3) is 0 Å². The highest BCUT2D eigenvalue weighted by atomic mass is 35.5. The molecule has 1 amide bonds. The number of nitrogens with two attached hydrogens (primary N) is 1. The quantitative estimate of drug-likeness (QED) is 0.744. The standard InChI is InChI=1S/C7H5ClF2N2O2/c8-5-2(7(11)14)1-3(13)4(12-5)6(9)10/h1,6,13H,(H2,11,14). The first-order valence-electron chi connectivity index (χ1n) is 3.41. The molecule has 0 bridgehead atoms. The number of carbonyl (C=O) groups is 1. The lowest BCUT2D eigenvalue weighted by Gasteiger charge is -2.05. The van der Waals surface area contributed by atoms with Crippen LogP contribution in [0.1, 0.15) is 22.5 Å². The van der Waals surface area contributed by atoms with E-state index in [0.29, 0.717) is 0 Å². The first kappa shape index (κ1) is 10.6. The van der Waals surface area contributed by atoms with Gasteiger partial charge >= 0.3 is 0 Å². The zero-order valence-electron chi connectivity index (χ0n) is 6.67. The zero-order valence-corrected chi connectivity index (χ0v) is 7.42. The summed E-state index contributed by atoms with van der Waals surface area (Å²) in [5.41, 5.74) is 3.68. The van der Waals surface area contributed by atoms with Crippen molar-refractivity contribution < 1.29 is 18.7 Å². The number of aromatic nitrogens is 1. The fraction of sp³-hybridized carbons (Fsp3) is 0.143. The second kappa shape index (κ2) is 3.75. The van der Waals surface area contributed by atoms with Crippen LogP contribution >= 0.6 is 11.6 Å². The molecule has 0 aromatic carbocycles. The Hall–Kier alpha value is -1.43. The van der Waals surface area contributed by atoms with Crippen LogP contribution in [0.4, 0.5) is 8.78 Å². The van der Waals surface area contributed by atoms with Crippen molar-refractivity contribution in [2.45, 2.75) is 6.43 Å². The zero-order chi connectivity index (χ0) is 10.9. The van der Waals surface area contributed by atoms with Crippen molar-refractivity contribution >= 4 is 17.5 Å². The average molecular weight is 223 g/mol. The normalized spacial score (nSPS) is 10.6. The number of alkyl halides is 2. The topological polar surface area (TPSA) is 76.2 Å². The van der Waals surface area contributed by atoms with E-state index in [2.05, 4.69) is 4.98 Å². The highest BCUT2D eigenvalue weighted by Gasteiger charge is 2.19. The molecule has 0 fully saturated rings. The Labute approximate surface area is 82.3 Å². The highest BCUT2D eigenvalue weighted by Crippen LogP contribution is 2.29. The van der Waals surface area contributed by atoms with E-state index in [-0.39, 0.29) is 5.56 Å². The molecule has 0 saturated carbocycles. The molecule has 0 aliphatic carbocycles. The molecule has 1 heterocycles. The van der Waals surface area contributed by atoms with Gasteiger partial charge in [0.05, 0.1) is 5.56 Å². The minimum Gasteiger partial charge on any atom is -0.506 e. The van der Waals surface area contributed by atoms with Crippen LogP contribution in [-0.4, -0.2) is 16.0 Å². The summed E-state index contributed by atoms with van der Waals surface area (Å²) in [5.74, 6) is -1.75. The van der Waals surface area contributed by atoms with Gasteiger partial charge in [-0.1, -0.05) is 11.6 Å². The van der Waals surface area contributed by atoms with E-state index < -0.39 is 28.9 Å². The summed E-state index contributed by atoms with van der Waals surface area (Å²) in [6.45, 7) is 0. The number of primary amides is 1. The van der Waals surface area contributed by atoms with E-state index in [1.807, 2.05) is 0 Å². The van der Waals surface area contributed by atoms with Gasteiger partial charge in [0.2, 0.25) is 0 Å². The van der Waals surface area contributed by atoms with Gasteiger partial charge in [0, 0.05) is 0 Å². The molecular weight excluding hydrogens is 218 g/mol. The molecule has 0 radical (unpaired) electrons. The maximum atomic E-state index is 12.1. The average Bonchev–Trinajstić information content (AvgIpc) is 2.07. The smallest absolute Gasteiger partial charge is 0.284 e. The fourth-order valence-corrected chi connectivity index (χ4v) is 1.07. The second-order valence-electron chi connectivity index (χ2n) is 2.40. The number of aromatic hydroxyl groups is 1. The predicted molar refractivity (Wildman–Crippen MR) is 44.4 cm³/mol. The van der Waals surface area contributed by atoms with Crippen molar-refractivity contribution in [3.05, 3.63) is 22.5 Å². The third kappa shape index (κ3) is 1.90. The molecule has 0 atom stereocenters. The molecule has 0 aliphatic rings. The van der Waals surface area contributed by atoms with Crippen molar-refractivity contribution in [2.75, 3.05) is 0 Å². The minimum atomic E-state index is -2.96. The van der Waals surface area contributed by atoms with E-state index >= 15 is 0 Å². The van der Waals surface area contributed by atoms with E-state index in [1.54, 1.807) is 0 Å². The van der Waals surface area contributed by atoms with E-state index in [0.717, 1.165) is 6.07 Å².